The van der Waals surface area contributed by atoms with Crippen LogP contribution in [0.3, 0.4) is 0 Å². The van der Waals surface area contributed by atoms with E-state index in [9.17, 15) is 19.2 Å². The van der Waals surface area contributed by atoms with Crippen LogP contribution in [0.1, 0.15) is 32.1 Å². The van der Waals surface area contributed by atoms with Crippen molar-refractivity contribution in [1.82, 2.24) is 0 Å². The summed E-state index contributed by atoms with van der Waals surface area (Å²) in [5.41, 5.74) is 0.153. The molecule has 3 rings (SSSR count). The molecule has 6 nitrogen and oxygen atoms in total. The molecule has 94 valence electrons. The zero-order valence-corrected chi connectivity index (χ0v) is 9.49. The van der Waals surface area contributed by atoms with Crippen molar-refractivity contribution in [2.45, 2.75) is 32.1 Å². The van der Waals surface area contributed by atoms with E-state index in [2.05, 4.69) is 9.47 Å². The minimum Gasteiger partial charge on any atom is -0.393 e. The lowest BCUT2D eigenvalue weighted by atomic mass is 9.67. The molecule has 1 fully saturated rings. The molecule has 1 aliphatic carbocycles. The van der Waals surface area contributed by atoms with Crippen molar-refractivity contribution in [3.63, 3.8) is 0 Å². The number of carbonyl (C=O) groups is 4. The van der Waals surface area contributed by atoms with Crippen molar-refractivity contribution in [2.24, 2.45) is 5.41 Å². The second-order valence-electron chi connectivity index (χ2n) is 5.01. The number of rotatable bonds is 0. The summed E-state index contributed by atoms with van der Waals surface area (Å²) in [6.07, 6.45) is 1.36. The molecular weight excluding hydrogens is 240 g/mol. The van der Waals surface area contributed by atoms with Gasteiger partial charge in [0.1, 0.15) is 0 Å². The van der Waals surface area contributed by atoms with Gasteiger partial charge in [-0.2, -0.15) is 0 Å². The Morgan fingerprint density at radius 1 is 0.778 bits per heavy atom. The second kappa shape index (κ2) is 3.51. The standard InChI is InChI=1S/C12H10O6/c13-8-4-12(5-9(14)17-8)2-1-6-7(3-12)11(16)18-10(6)15/h1-5H2. The summed E-state index contributed by atoms with van der Waals surface area (Å²) in [4.78, 5) is 45.6. The average molecular weight is 250 g/mol. The van der Waals surface area contributed by atoms with E-state index in [1.54, 1.807) is 0 Å². The Labute approximate surface area is 102 Å². The maximum Gasteiger partial charge on any atom is 0.342 e. The molecule has 1 saturated heterocycles. The average Bonchev–Trinajstić information content (AvgIpc) is 2.52. The number of hydrogen-bond donors (Lipinski definition) is 0. The SMILES string of the molecule is O=C1CC2(CCC3=C(C2)C(=O)OC3=O)CC(=O)O1. The van der Waals surface area contributed by atoms with Gasteiger partial charge in [0.2, 0.25) is 0 Å². The molecule has 0 radical (unpaired) electrons. The molecule has 0 atom stereocenters. The Morgan fingerprint density at radius 2 is 1.39 bits per heavy atom. The highest BCUT2D eigenvalue weighted by Gasteiger charge is 2.48. The summed E-state index contributed by atoms with van der Waals surface area (Å²) < 4.78 is 9.04. The van der Waals surface area contributed by atoms with Gasteiger partial charge < -0.3 is 9.47 Å². The molecule has 0 unspecified atom stereocenters. The van der Waals surface area contributed by atoms with Crippen molar-refractivity contribution in [3.05, 3.63) is 11.1 Å². The second-order valence-corrected chi connectivity index (χ2v) is 5.01. The smallest absolute Gasteiger partial charge is 0.342 e. The van der Waals surface area contributed by atoms with Crippen LogP contribution >= 0.6 is 0 Å². The Kier molecular flexibility index (Phi) is 2.17. The van der Waals surface area contributed by atoms with Gasteiger partial charge in [-0.25, -0.2) is 9.59 Å². The van der Waals surface area contributed by atoms with E-state index >= 15 is 0 Å². The molecule has 3 aliphatic rings. The quantitative estimate of drug-likeness (QED) is 0.457. The monoisotopic (exact) mass is 250 g/mol. The van der Waals surface area contributed by atoms with Crippen LogP contribution in [0.4, 0.5) is 0 Å². The molecule has 6 heteroatoms. The topological polar surface area (TPSA) is 86.7 Å². The van der Waals surface area contributed by atoms with Crippen molar-refractivity contribution in [2.75, 3.05) is 0 Å². The Bertz CT molecular complexity index is 511. The molecule has 0 aromatic rings. The largest absolute Gasteiger partial charge is 0.393 e. The first-order chi connectivity index (χ1) is 8.49. The van der Waals surface area contributed by atoms with Gasteiger partial charge in [0.05, 0.1) is 12.8 Å². The van der Waals surface area contributed by atoms with E-state index in [4.69, 9.17) is 0 Å². The van der Waals surface area contributed by atoms with Crippen LogP contribution in [0.15, 0.2) is 11.1 Å². The minimum absolute atomic E-state index is 0.108. The Hall–Kier alpha value is -1.98. The summed E-state index contributed by atoms with van der Waals surface area (Å²) >= 11 is 0. The predicted octanol–water partition coefficient (Wildman–Crippen LogP) is 0.400. The Balaban J connectivity index is 1.92. The van der Waals surface area contributed by atoms with E-state index in [-0.39, 0.29) is 19.3 Å². The van der Waals surface area contributed by atoms with Gasteiger partial charge in [0.25, 0.3) is 0 Å². The van der Waals surface area contributed by atoms with Gasteiger partial charge in [-0.05, 0) is 24.7 Å². The lowest BCUT2D eigenvalue weighted by Gasteiger charge is -2.37. The van der Waals surface area contributed by atoms with Crippen LogP contribution in [-0.4, -0.2) is 23.9 Å². The van der Waals surface area contributed by atoms with Crippen LogP contribution in [0.2, 0.25) is 0 Å². The summed E-state index contributed by atoms with van der Waals surface area (Å²) in [5.74, 6) is -2.35. The zero-order valence-electron chi connectivity index (χ0n) is 9.49. The first-order valence-corrected chi connectivity index (χ1v) is 5.71. The summed E-state index contributed by atoms with van der Waals surface area (Å²) in [6, 6.07) is 0. The molecule has 1 spiro atoms. The Morgan fingerprint density at radius 3 is 2.06 bits per heavy atom. The fourth-order valence-corrected chi connectivity index (χ4v) is 2.91. The maximum absolute atomic E-state index is 11.5. The molecule has 0 aromatic heterocycles. The minimum atomic E-state index is -0.638. The third kappa shape index (κ3) is 1.56. The van der Waals surface area contributed by atoms with Crippen LogP contribution in [0, 0.1) is 5.41 Å². The molecule has 0 amide bonds. The van der Waals surface area contributed by atoms with Crippen LogP contribution in [-0.2, 0) is 28.7 Å². The zero-order chi connectivity index (χ0) is 12.9. The van der Waals surface area contributed by atoms with E-state index in [0.29, 0.717) is 24.0 Å². The lowest BCUT2D eigenvalue weighted by molar-refractivity contribution is -0.170. The molecule has 0 N–H and O–H groups in total. The van der Waals surface area contributed by atoms with Crippen molar-refractivity contribution in [3.8, 4) is 0 Å². The first kappa shape index (κ1) is 11.1. The fraction of sp³-hybridized carbons (Fsp3) is 0.500. The number of hydrogen-bond acceptors (Lipinski definition) is 6. The van der Waals surface area contributed by atoms with Crippen LogP contribution in [0.25, 0.3) is 0 Å². The highest BCUT2D eigenvalue weighted by atomic mass is 16.6. The van der Waals surface area contributed by atoms with Crippen molar-refractivity contribution < 1.29 is 28.7 Å². The normalized spacial score (nSPS) is 26.2. The predicted molar refractivity (Wildman–Crippen MR) is 54.7 cm³/mol. The third-order valence-corrected chi connectivity index (χ3v) is 3.77. The van der Waals surface area contributed by atoms with E-state index in [1.807, 2.05) is 0 Å². The van der Waals surface area contributed by atoms with E-state index in [1.165, 1.54) is 0 Å². The summed E-state index contributed by atoms with van der Waals surface area (Å²) in [7, 11) is 0. The van der Waals surface area contributed by atoms with Crippen LogP contribution in [0.5, 0.6) is 0 Å². The van der Waals surface area contributed by atoms with Gasteiger partial charge in [0.15, 0.2) is 0 Å². The van der Waals surface area contributed by atoms with Crippen molar-refractivity contribution in [1.29, 1.82) is 0 Å². The third-order valence-electron chi connectivity index (χ3n) is 3.77. The maximum atomic E-state index is 11.5. The van der Waals surface area contributed by atoms with Gasteiger partial charge in [-0.1, -0.05) is 0 Å². The lowest BCUT2D eigenvalue weighted by Crippen LogP contribution is -2.38. The molecule has 0 aromatic carbocycles. The molecule has 0 saturated carbocycles. The number of carbonyl (C=O) groups excluding carboxylic acids is 4. The number of ether oxygens (including phenoxy) is 2. The molecule has 0 bridgehead atoms. The number of cyclic esters (lactones) is 4. The van der Waals surface area contributed by atoms with Crippen LogP contribution < -0.4 is 0 Å². The van der Waals surface area contributed by atoms with Gasteiger partial charge >= 0.3 is 23.9 Å². The summed E-state index contributed by atoms with van der Waals surface area (Å²) in [5, 5.41) is 0. The van der Waals surface area contributed by atoms with Crippen molar-refractivity contribution >= 4 is 23.9 Å². The fourth-order valence-electron chi connectivity index (χ4n) is 2.91. The highest BCUT2D eigenvalue weighted by molar-refractivity contribution is 6.12. The molecular formula is C12H10O6. The van der Waals surface area contributed by atoms with E-state index in [0.717, 1.165) is 0 Å². The molecule has 2 aliphatic heterocycles. The number of esters is 4. The van der Waals surface area contributed by atoms with Gasteiger partial charge in [0, 0.05) is 11.1 Å². The van der Waals surface area contributed by atoms with Gasteiger partial charge in [-0.15, -0.1) is 0 Å². The van der Waals surface area contributed by atoms with Gasteiger partial charge in [-0.3, -0.25) is 9.59 Å². The highest BCUT2D eigenvalue weighted by Crippen LogP contribution is 2.48. The first-order valence-electron chi connectivity index (χ1n) is 5.71. The molecule has 2 heterocycles. The van der Waals surface area contributed by atoms with E-state index < -0.39 is 29.3 Å². The molecule has 18 heavy (non-hydrogen) atoms. The summed E-state index contributed by atoms with van der Waals surface area (Å²) in [6.45, 7) is 0.